The van der Waals surface area contributed by atoms with Crippen LogP contribution in [-0.4, -0.2) is 24.7 Å². The summed E-state index contributed by atoms with van der Waals surface area (Å²) in [6.07, 6.45) is 8.13. The average molecular weight is 337 g/mol. The molecule has 3 N–H and O–H groups in total. The van der Waals surface area contributed by atoms with Gasteiger partial charge in [0.05, 0.1) is 6.04 Å². The minimum atomic E-state index is -2.81. The Morgan fingerprint density at radius 2 is 1.88 bits per heavy atom. The van der Waals surface area contributed by atoms with Crippen LogP contribution in [0.3, 0.4) is 0 Å². The molecule has 2 saturated carbocycles. The van der Waals surface area contributed by atoms with Gasteiger partial charge in [0.25, 0.3) is 0 Å². The Labute approximate surface area is 141 Å². The first-order valence-corrected chi connectivity index (χ1v) is 8.77. The molecule has 0 aliphatic heterocycles. The molecule has 0 aromatic heterocycles. The zero-order valence-electron chi connectivity index (χ0n) is 13.8. The standard InChI is InChI=1S/C18H25F2N3O/c19-17(20)24-16-10-6-5-9-13(16)14-11-15(14)23-18(21)22-12-7-3-1-2-4-8-12/h5-6,9-10,12,14-15,17H,1-4,7-8,11H2,(H3,21,22,23)/t14-,15+/m1/s1. The predicted octanol–water partition coefficient (Wildman–Crippen LogP) is 3.77. The Morgan fingerprint density at radius 3 is 2.58 bits per heavy atom. The molecule has 0 amide bonds. The van der Waals surface area contributed by atoms with E-state index in [1.54, 1.807) is 12.1 Å². The molecule has 1 aromatic rings. The van der Waals surface area contributed by atoms with Gasteiger partial charge in [-0.15, -0.1) is 0 Å². The monoisotopic (exact) mass is 337 g/mol. The number of alkyl halides is 2. The lowest BCUT2D eigenvalue weighted by atomic mass is 10.1. The Morgan fingerprint density at radius 1 is 1.17 bits per heavy atom. The fraction of sp³-hybridized carbons (Fsp3) is 0.611. The van der Waals surface area contributed by atoms with Crippen molar-refractivity contribution in [3.05, 3.63) is 29.8 Å². The highest BCUT2D eigenvalue weighted by atomic mass is 19.3. The van der Waals surface area contributed by atoms with E-state index in [1.165, 1.54) is 25.7 Å². The maximum absolute atomic E-state index is 12.5. The molecule has 2 atom stereocenters. The summed E-state index contributed by atoms with van der Waals surface area (Å²) < 4.78 is 29.6. The lowest BCUT2D eigenvalue weighted by Crippen LogP contribution is -2.40. The molecule has 3 rings (SSSR count). The van der Waals surface area contributed by atoms with Gasteiger partial charge in [0, 0.05) is 12.0 Å². The van der Waals surface area contributed by atoms with Gasteiger partial charge in [-0.25, -0.2) is 4.99 Å². The second-order valence-electron chi connectivity index (χ2n) is 6.67. The molecular formula is C18H25F2N3O. The number of rotatable bonds is 5. The highest BCUT2D eigenvalue weighted by molar-refractivity contribution is 5.78. The molecule has 0 radical (unpaired) electrons. The molecule has 132 valence electrons. The predicted molar refractivity (Wildman–Crippen MR) is 90.5 cm³/mol. The summed E-state index contributed by atoms with van der Waals surface area (Å²) in [7, 11) is 0. The van der Waals surface area contributed by atoms with Crippen LogP contribution in [0.5, 0.6) is 5.75 Å². The minimum Gasteiger partial charge on any atom is -0.435 e. The van der Waals surface area contributed by atoms with Crippen molar-refractivity contribution in [1.82, 2.24) is 5.32 Å². The first-order valence-electron chi connectivity index (χ1n) is 8.77. The van der Waals surface area contributed by atoms with Crippen molar-refractivity contribution in [3.63, 3.8) is 0 Å². The van der Waals surface area contributed by atoms with Crippen molar-refractivity contribution in [2.75, 3.05) is 0 Å². The van der Waals surface area contributed by atoms with Gasteiger partial charge in [0.2, 0.25) is 0 Å². The largest absolute Gasteiger partial charge is 0.435 e. The van der Waals surface area contributed by atoms with Crippen LogP contribution >= 0.6 is 0 Å². The molecule has 6 heteroatoms. The number of guanidine groups is 1. The van der Waals surface area contributed by atoms with E-state index in [0.717, 1.165) is 24.8 Å². The second-order valence-corrected chi connectivity index (χ2v) is 6.67. The zero-order valence-corrected chi connectivity index (χ0v) is 13.8. The van der Waals surface area contributed by atoms with Gasteiger partial charge in [0.15, 0.2) is 5.96 Å². The van der Waals surface area contributed by atoms with Crippen LogP contribution in [0.4, 0.5) is 8.78 Å². The van der Waals surface area contributed by atoms with Crippen molar-refractivity contribution in [3.8, 4) is 5.75 Å². The third kappa shape index (κ3) is 4.58. The van der Waals surface area contributed by atoms with E-state index in [1.807, 2.05) is 12.1 Å². The van der Waals surface area contributed by atoms with Gasteiger partial charge in [-0.3, -0.25) is 0 Å². The van der Waals surface area contributed by atoms with Gasteiger partial charge < -0.3 is 15.8 Å². The molecule has 2 fully saturated rings. The average Bonchev–Trinajstić information content (AvgIpc) is 3.32. The zero-order chi connectivity index (χ0) is 16.9. The summed E-state index contributed by atoms with van der Waals surface area (Å²) in [6, 6.07) is 7.39. The first-order chi connectivity index (χ1) is 11.6. The number of para-hydroxylation sites is 1. The maximum Gasteiger partial charge on any atom is 0.387 e. The molecule has 24 heavy (non-hydrogen) atoms. The molecular weight excluding hydrogens is 312 g/mol. The van der Waals surface area contributed by atoms with Crippen molar-refractivity contribution < 1.29 is 13.5 Å². The quantitative estimate of drug-likeness (QED) is 0.488. The molecule has 0 spiro atoms. The number of nitrogens with one attached hydrogen (secondary N) is 1. The molecule has 1 aromatic carbocycles. The van der Waals surface area contributed by atoms with Gasteiger partial charge in [-0.2, -0.15) is 8.78 Å². The molecule has 0 bridgehead atoms. The topological polar surface area (TPSA) is 59.6 Å². The van der Waals surface area contributed by atoms with E-state index < -0.39 is 6.61 Å². The van der Waals surface area contributed by atoms with Crippen LogP contribution in [0.25, 0.3) is 0 Å². The lowest BCUT2D eigenvalue weighted by molar-refractivity contribution is -0.0504. The van der Waals surface area contributed by atoms with Gasteiger partial charge >= 0.3 is 6.61 Å². The van der Waals surface area contributed by atoms with E-state index in [-0.39, 0.29) is 17.7 Å². The number of hydrogen-bond acceptors (Lipinski definition) is 2. The van der Waals surface area contributed by atoms with Crippen LogP contribution < -0.4 is 15.8 Å². The third-order valence-electron chi connectivity index (χ3n) is 4.80. The van der Waals surface area contributed by atoms with Crippen LogP contribution in [0.1, 0.15) is 56.4 Å². The van der Waals surface area contributed by atoms with Crippen LogP contribution in [-0.2, 0) is 0 Å². The molecule has 2 aliphatic rings. The number of ether oxygens (including phenoxy) is 1. The third-order valence-corrected chi connectivity index (χ3v) is 4.80. The smallest absolute Gasteiger partial charge is 0.387 e. The van der Waals surface area contributed by atoms with Gasteiger partial charge in [0.1, 0.15) is 5.75 Å². The molecule has 0 unspecified atom stereocenters. The minimum absolute atomic E-state index is 0.0469. The Bertz CT molecular complexity index is 571. The highest BCUT2D eigenvalue weighted by Crippen LogP contribution is 2.47. The number of benzene rings is 1. The molecule has 0 heterocycles. The molecule has 4 nitrogen and oxygen atoms in total. The van der Waals surface area contributed by atoms with Crippen LogP contribution in [0.15, 0.2) is 29.3 Å². The summed E-state index contributed by atoms with van der Waals surface area (Å²) >= 11 is 0. The number of nitrogens with two attached hydrogens (primary N) is 1. The van der Waals surface area contributed by atoms with E-state index in [0.29, 0.717) is 12.0 Å². The Hall–Kier alpha value is -1.85. The Balaban J connectivity index is 1.58. The number of nitrogens with zero attached hydrogens (tertiary/aromatic N) is 1. The van der Waals surface area contributed by atoms with E-state index >= 15 is 0 Å². The van der Waals surface area contributed by atoms with Crippen molar-refractivity contribution in [1.29, 1.82) is 0 Å². The Kier molecular flexibility index (Phi) is 5.53. The lowest BCUT2D eigenvalue weighted by Gasteiger charge is -2.16. The maximum atomic E-state index is 12.5. The summed E-state index contributed by atoms with van der Waals surface area (Å²) in [5, 5.41) is 3.33. The van der Waals surface area contributed by atoms with Crippen LogP contribution in [0.2, 0.25) is 0 Å². The van der Waals surface area contributed by atoms with E-state index in [4.69, 9.17) is 5.73 Å². The number of hydrogen-bond donors (Lipinski definition) is 2. The van der Waals surface area contributed by atoms with Gasteiger partial charge in [-0.05, 0) is 30.9 Å². The summed E-state index contributed by atoms with van der Waals surface area (Å²) in [6.45, 7) is -2.81. The summed E-state index contributed by atoms with van der Waals surface area (Å²) in [4.78, 5) is 4.53. The molecule has 0 saturated heterocycles. The van der Waals surface area contributed by atoms with Crippen LogP contribution in [0, 0.1) is 0 Å². The normalized spacial score (nSPS) is 25.4. The van der Waals surface area contributed by atoms with Gasteiger partial charge in [-0.1, -0.05) is 43.9 Å². The summed E-state index contributed by atoms with van der Waals surface area (Å²) in [5.41, 5.74) is 6.83. The fourth-order valence-corrected chi connectivity index (χ4v) is 3.50. The van der Waals surface area contributed by atoms with Crippen molar-refractivity contribution in [2.45, 2.75) is 69.6 Å². The highest BCUT2D eigenvalue weighted by Gasteiger charge is 2.40. The first kappa shape index (κ1) is 17.0. The fourth-order valence-electron chi connectivity index (χ4n) is 3.50. The SMILES string of the molecule is NC(=N[C@H]1C[C@@H]1c1ccccc1OC(F)F)NC1CCCCCC1. The molecule has 2 aliphatic carbocycles. The number of halogens is 2. The number of aliphatic imine (C=N–C) groups is 1. The van der Waals surface area contributed by atoms with E-state index in [2.05, 4.69) is 15.0 Å². The van der Waals surface area contributed by atoms with E-state index in [9.17, 15) is 8.78 Å². The summed E-state index contributed by atoms with van der Waals surface area (Å²) in [5.74, 6) is 0.821. The van der Waals surface area contributed by atoms with Crippen molar-refractivity contribution in [2.24, 2.45) is 10.7 Å². The van der Waals surface area contributed by atoms with Crippen molar-refractivity contribution >= 4 is 5.96 Å². The second kappa shape index (κ2) is 7.81.